The molecule has 0 spiro atoms. The van der Waals surface area contributed by atoms with E-state index in [9.17, 15) is 8.42 Å². The average Bonchev–Trinajstić information content (AvgIpc) is 2.70. The minimum atomic E-state index is -3.36. The summed E-state index contributed by atoms with van der Waals surface area (Å²) < 4.78 is 25.8. The van der Waals surface area contributed by atoms with Crippen molar-refractivity contribution < 1.29 is 8.42 Å². The molecule has 1 aromatic carbocycles. The van der Waals surface area contributed by atoms with Gasteiger partial charge in [-0.1, -0.05) is 17.8 Å². The first-order chi connectivity index (χ1) is 13.9. The van der Waals surface area contributed by atoms with Gasteiger partial charge in [-0.15, -0.1) is 12.4 Å². The number of piperazine rings is 1. The Bertz CT molecular complexity index is 1070. The average molecular weight is 468 g/mol. The van der Waals surface area contributed by atoms with Gasteiger partial charge in [-0.05, 0) is 17.7 Å². The van der Waals surface area contributed by atoms with Crippen molar-refractivity contribution in [1.82, 2.24) is 19.8 Å². The summed E-state index contributed by atoms with van der Waals surface area (Å²) in [5.74, 6) is 1.30. The van der Waals surface area contributed by atoms with Crippen LogP contribution in [-0.4, -0.2) is 72.8 Å². The first-order valence-corrected chi connectivity index (χ1v) is 11.7. The number of nitrogens with zero attached hydrogens (tertiary/aromatic N) is 5. The first kappa shape index (κ1) is 22.3. The summed E-state index contributed by atoms with van der Waals surface area (Å²) in [7, 11) is -3.36. The van der Waals surface area contributed by atoms with Crippen LogP contribution < -0.4 is 5.32 Å². The maximum Gasteiger partial charge on any atom is 0.251 e. The van der Waals surface area contributed by atoms with Crippen LogP contribution in [0.3, 0.4) is 0 Å². The predicted octanol–water partition coefficient (Wildman–Crippen LogP) is 2.23. The number of sulfonamides is 1. The SMILES string of the molecule is CS(=O)(=O)N=CN1CCN(C(=N)Cc2ccc3c(c2)Nc2nccnc2S3)CC1.Cl. The largest absolute Gasteiger partial charge is 0.358 e. The summed E-state index contributed by atoms with van der Waals surface area (Å²) in [5, 5.41) is 12.7. The summed E-state index contributed by atoms with van der Waals surface area (Å²) in [6.45, 7) is 2.60. The lowest BCUT2D eigenvalue weighted by atomic mass is 10.1. The lowest BCUT2D eigenvalue weighted by Gasteiger charge is -2.35. The summed E-state index contributed by atoms with van der Waals surface area (Å²) >= 11 is 1.58. The number of hydrogen-bond donors (Lipinski definition) is 2. The number of aromatic nitrogens is 2. The van der Waals surface area contributed by atoms with Gasteiger partial charge in [0.15, 0.2) is 5.82 Å². The minimum absolute atomic E-state index is 0. The molecule has 2 aliphatic rings. The maximum atomic E-state index is 11.1. The van der Waals surface area contributed by atoms with Crippen molar-refractivity contribution >= 4 is 57.9 Å². The number of fused-ring (bicyclic) bond motifs is 2. The molecular formula is C18H22ClN7O2S2. The van der Waals surface area contributed by atoms with Crippen molar-refractivity contribution in [2.75, 3.05) is 37.8 Å². The molecule has 9 nitrogen and oxygen atoms in total. The number of rotatable bonds is 4. The number of anilines is 2. The first-order valence-electron chi connectivity index (χ1n) is 9.08. The molecule has 0 radical (unpaired) electrons. The zero-order valence-corrected chi connectivity index (χ0v) is 18.7. The third-order valence-corrected chi connectivity index (χ3v) is 6.18. The van der Waals surface area contributed by atoms with Crippen LogP contribution in [0.25, 0.3) is 0 Å². The van der Waals surface area contributed by atoms with Gasteiger partial charge < -0.3 is 15.1 Å². The number of benzene rings is 1. The molecule has 2 aromatic rings. The molecule has 0 unspecified atom stereocenters. The van der Waals surface area contributed by atoms with E-state index in [0.717, 1.165) is 33.2 Å². The van der Waals surface area contributed by atoms with Crippen molar-refractivity contribution in [3.8, 4) is 0 Å². The summed E-state index contributed by atoms with van der Waals surface area (Å²) in [6.07, 6.45) is 6.33. The van der Waals surface area contributed by atoms with Crippen molar-refractivity contribution in [2.24, 2.45) is 4.40 Å². The Morgan fingerprint density at radius 3 is 2.73 bits per heavy atom. The van der Waals surface area contributed by atoms with E-state index in [1.54, 1.807) is 24.2 Å². The molecular weight excluding hydrogens is 446 g/mol. The molecule has 2 N–H and O–H groups in total. The normalized spacial score (nSPS) is 15.8. The lowest BCUT2D eigenvalue weighted by Crippen LogP contribution is -2.48. The molecule has 1 fully saturated rings. The second-order valence-corrected chi connectivity index (χ2v) is 9.58. The highest BCUT2D eigenvalue weighted by molar-refractivity contribution is 7.99. The summed E-state index contributed by atoms with van der Waals surface area (Å²) in [6, 6.07) is 6.15. The zero-order chi connectivity index (χ0) is 20.4. The van der Waals surface area contributed by atoms with E-state index in [4.69, 9.17) is 5.41 Å². The van der Waals surface area contributed by atoms with Crippen LogP contribution in [0.1, 0.15) is 5.56 Å². The van der Waals surface area contributed by atoms with Crippen molar-refractivity contribution in [3.63, 3.8) is 0 Å². The number of hydrogen-bond acceptors (Lipinski definition) is 7. The topological polar surface area (TPSA) is 115 Å². The molecule has 3 heterocycles. The summed E-state index contributed by atoms with van der Waals surface area (Å²) in [4.78, 5) is 13.6. The Kier molecular flexibility index (Phi) is 6.84. The number of halogens is 1. The van der Waals surface area contributed by atoms with Gasteiger partial charge >= 0.3 is 0 Å². The van der Waals surface area contributed by atoms with Gasteiger partial charge in [0.05, 0.1) is 11.9 Å². The maximum absolute atomic E-state index is 11.1. The molecule has 160 valence electrons. The van der Waals surface area contributed by atoms with E-state index in [2.05, 4.69) is 25.7 Å². The lowest BCUT2D eigenvalue weighted by molar-refractivity contribution is 0.260. The van der Waals surface area contributed by atoms with E-state index in [0.29, 0.717) is 38.4 Å². The van der Waals surface area contributed by atoms with E-state index in [1.807, 2.05) is 21.9 Å². The number of amidine groups is 1. The van der Waals surface area contributed by atoms with Crippen LogP contribution in [0.5, 0.6) is 0 Å². The predicted molar refractivity (Wildman–Crippen MR) is 121 cm³/mol. The van der Waals surface area contributed by atoms with Gasteiger partial charge in [-0.3, -0.25) is 5.41 Å². The molecule has 0 aliphatic carbocycles. The van der Waals surface area contributed by atoms with Crippen LogP contribution in [0.4, 0.5) is 11.5 Å². The Hall–Kier alpha value is -2.37. The fraction of sp³-hybridized carbons (Fsp3) is 0.333. The van der Waals surface area contributed by atoms with Crippen LogP contribution in [0.15, 0.2) is 44.9 Å². The Labute approximate surface area is 186 Å². The van der Waals surface area contributed by atoms with Crippen molar-refractivity contribution in [2.45, 2.75) is 16.3 Å². The van der Waals surface area contributed by atoms with E-state index >= 15 is 0 Å². The molecule has 1 aromatic heterocycles. The molecule has 12 heteroatoms. The Morgan fingerprint density at radius 1 is 1.27 bits per heavy atom. The molecule has 0 atom stereocenters. The highest BCUT2D eigenvalue weighted by atomic mass is 35.5. The van der Waals surface area contributed by atoms with Crippen LogP contribution >= 0.6 is 24.2 Å². The molecule has 2 aliphatic heterocycles. The van der Waals surface area contributed by atoms with Crippen LogP contribution in [-0.2, 0) is 16.4 Å². The fourth-order valence-electron chi connectivity index (χ4n) is 3.16. The number of nitrogens with one attached hydrogen (secondary N) is 2. The smallest absolute Gasteiger partial charge is 0.251 e. The van der Waals surface area contributed by atoms with E-state index < -0.39 is 10.0 Å². The van der Waals surface area contributed by atoms with Gasteiger partial charge in [-0.2, -0.15) is 4.40 Å². The third kappa shape index (κ3) is 5.41. The van der Waals surface area contributed by atoms with Gasteiger partial charge in [0, 0.05) is 49.9 Å². The van der Waals surface area contributed by atoms with Gasteiger partial charge in [-0.25, -0.2) is 18.4 Å². The zero-order valence-electron chi connectivity index (χ0n) is 16.3. The van der Waals surface area contributed by atoms with E-state index in [-0.39, 0.29) is 12.4 Å². The van der Waals surface area contributed by atoms with Gasteiger partial charge in [0.1, 0.15) is 17.2 Å². The molecule has 4 rings (SSSR count). The van der Waals surface area contributed by atoms with E-state index in [1.165, 1.54) is 6.34 Å². The quantitative estimate of drug-likeness (QED) is 0.443. The Balaban J connectivity index is 0.00000256. The van der Waals surface area contributed by atoms with Gasteiger partial charge in [0.25, 0.3) is 10.0 Å². The van der Waals surface area contributed by atoms with Crippen LogP contribution in [0, 0.1) is 5.41 Å². The molecule has 1 saturated heterocycles. The highest BCUT2D eigenvalue weighted by Crippen LogP contribution is 2.42. The molecule has 0 saturated carbocycles. The van der Waals surface area contributed by atoms with Crippen molar-refractivity contribution in [3.05, 3.63) is 36.2 Å². The standard InChI is InChI=1S/C18H21N7O2S2.ClH/c1-29(26,27)22-12-24-6-8-25(9-7-24)16(19)11-13-2-3-15-14(10-13)23-17-18(28-15)21-5-4-20-17;/h2-5,10,12,19H,6-9,11H2,1H3,(H,20,23);1H. The molecule has 0 bridgehead atoms. The fourth-order valence-corrected chi connectivity index (χ4v) is 4.34. The highest BCUT2D eigenvalue weighted by Gasteiger charge is 2.20. The minimum Gasteiger partial charge on any atom is -0.358 e. The monoisotopic (exact) mass is 467 g/mol. The molecule has 30 heavy (non-hydrogen) atoms. The van der Waals surface area contributed by atoms with Crippen LogP contribution in [0.2, 0.25) is 0 Å². The second-order valence-electron chi connectivity index (χ2n) is 6.87. The molecule has 0 amide bonds. The second kappa shape index (κ2) is 9.19. The third-order valence-electron chi connectivity index (χ3n) is 4.64. The summed E-state index contributed by atoms with van der Waals surface area (Å²) in [5.41, 5.74) is 2.03. The van der Waals surface area contributed by atoms with Crippen molar-refractivity contribution in [1.29, 1.82) is 5.41 Å². The van der Waals surface area contributed by atoms with Gasteiger partial charge in [0.2, 0.25) is 0 Å². The Morgan fingerprint density at radius 2 is 2.00 bits per heavy atom.